The minimum Gasteiger partial charge on any atom is -0.497 e. The summed E-state index contributed by atoms with van der Waals surface area (Å²) in [6, 6.07) is 7.75. The van der Waals surface area contributed by atoms with Crippen LogP contribution in [0.3, 0.4) is 0 Å². The number of carbonyl (C=O) groups is 1. The zero-order valence-corrected chi connectivity index (χ0v) is 21.1. The van der Waals surface area contributed by atoms with E-state index in [9.17, 15) is 4.79 Å². The fourth-order valence-electron chi connectivity index (χ4n) is 4.40. The van der Waals surface area contributed by atoms with Crippen LogP contribution in [0.5, 0.6) is 5.75 Å². The van der Waals surface area contributed by atoms with Crippen molar-refractivity contribution < 1.29 is 14.4 Å². The fraction of sp³-hybridized carbons (Fsp3) is 0.360. The highest BCUT2D eigenvalue weighted by Gasteiger charge is 2.23. The first-order valence-corrected chi connectivity index (χ1v) is 12.1. The van der Waals surface area contributed by atoms with Gasteiger partial charge in [-0.2, -0.15) is 5.90 Å². The van der Waals surface area contributed by atoms with E-state index in [1.54, 1.807) is 7.11 Å². The lowest BCUT2D eigenvalue weighted by Gasteiger charge is -2.28. The van der Waals surface area contributed by atoms with Crippen LogP contribution in [0.2, 0.25) is 0 Å². The molecule has 5 rings (SSSR count). The summed E-state index contributed by atoms with van der Waals surface area (Å²) in [6.07, 6.45) is 6.22. The molecule has 0 spiro atoms. The van der Waals surface area contributed by atoms with Crippen molar-refractivity contribution in [1.82, 2.24) is 29.5 Å². The van der Waals surface area contributed by atoms with Gasteiger partial charge in [-0.1, -0.05) is 0 Å². The zero-order chi connectivity index (χ0) is 25.9. The number of ether oxygens (including phenoxy) is 1. The number of piperidine rings is 1. The van der Waals surface area contributed by atoms with Gasteiger partial charge in [0.15, 0.2) is 22.8 Å². The first-order chi connectivity index (χ1) is 18.0. The molecule has 0 atom stereocenters. The standard InChI is InChI=1S/C25H29N9O3/c1-32(25-27-13-17(14-28-25)24(35)37-26)15-19-29-20-22(33(19)2)30-21(16-7-9-18(36-3)10-8-16)31-23(20)34-11-5-4-6-12-34/h7-10,13-14H,4-6,11-12,15,26H2,1-3H3. The number of aromatic nitrogens is 6. The quantitative estimate of drug-likeness (QED) is 0.372. The molecule has 1 fully saturated rings. The number of imidazole rings is 1. The van der Waals surface area contributed by atoms with Crippen LogP contribution in [0.4, 0.5) is 11.8 Å². The van der Waals surface area contributed by atoms with Gasteiger partial charge in [0.05, 0.1) is 19.2 Å². The van der Waals surface area contributed by atoms with E-state index in [2.05, 4.69) is 19.7 Å². The summed E-state index contributed by atoms with van der Waals surface area (Å²) < 4.78 is 7.29. The molecule has 0 amide bonds. The van der Waals surface area contributed by atoms with Crippen molar-refractivity contribution in [2.75, 3.05) is 37.0 Å². The van der Waals surface area contributed by atoms with Crippen LogP contribution in [-0.4, -0.2) is 62.7 Å². The van der Waals surface area contributed by atoms with Gasteiger partial charge < -0.3 is 23.9 Å². The third-order valence-electron chi connectivity index (χ3n) is 6.50. The lowest BCUT2D eigenvalue weighted by atomic mass is 10.1. The molecule has 2 N–H and O–H groups in total. The molecule has 1 aliphatic rings. The second-order valence-electron chi connectivity index (χ2n) is 8.94. The molecule has 37 heavy (non-hydrogen) atoms. The first kappa shape index (κ1) is 24.4. The number of hydrogen-bond acceptors (Lipinski definition) is 11. The van der Waals surface area contributed by atoms with E-state index in [0.717, 1.165) is 60.1 Å². The van der Waals surface area contributed by atoms with Crippen LogP contribution in [-0.2, 0) is 18.4 Å². The largest absolute Gasteiger partial charge is 0.497 e. The summed E-state index contributed by atoms with van der Waals surface area (Å²) in [6.45, 7) is 2.29. The predicted octanol–water partition coefficient (Wildman–Crippen LogP) is 2.49. The molecular formula is C25H29N9O3. The molecule has 4 heterocycles. The Morgan fingerprint density at radius 1 is 1.05 bits per heavy atom. The van der Waals surface area contributed by atoms with Crippen molar-refractivity contribution in [2.45, 2.75) is 25.8 Å². The molecular weight excluding hydrogens is 474 g/mol. The van der Waals surface area contributed by atoms with Crippen LogP contribution < -0.4 is 20.4 Å². The second-order valence-corrected chi connectivity index (χ2v) is 8.94. The molecule has 0 aliphatic carbocycles. The van der Waals surface area contributed by atoms with Crippen LogP contribution in [0.1, 0.15) is 35.4 Å². The molecule has 1 aliphatic heterocycles. The Labute approximate surface area is 214 Å². The van der Waals surface area contributed by atoms with Gasteiger partial charge in [-0.25, -0.2) is 29.7 Å². The molecule has 4 aromatic rings. The van der Waals surface area contributed by atoms with Gasteiger partial charge >= 0.3 is 5.97 Å². The molecule has 0 saturated carbocycles. The van der Waals surface area contributed by atoms with Crippen LogP contribution in [0, 0.1) is 0 Å². The number of methoxy groups -OCH3 is 1. The number of nitrogens with zero attached hydrogens (tertiary/aromatic N) is 8. The highest BCUT2D eigenvalue weighted by molar-refractivity contribution is 5.88. The average Bonchev–Trinajstić information content (AvgIpc) is 3.27. The summed E-state index contributed by atoms with van der Waals surface area (Å²) in [5, 5.41) is 0. The molecule has 192 valence electrons. The van der Waals surface area contributed by atoms with Crippen molar-refractivity contribution >= 4 is 28.9 Å². The van der Waals surface area contributed by atoms with Crippen molar-refractivity contribution in [3.8, 4) is 17.1 Å². The molecule has 0 bridgehead atoms. The maximum atomic E-state index is 11.6. The van der Waals surface area contributed by atoms with Gasteiger partial charge in [0.1, 0.15) is 11.6 Å². The summed E-state index contributed by atoms with van der Waals surface area (Å²) in [5.74, 6) is 7.73. The number of anilines is 2. The topological polar surface area (TPSA) is 137 Å². The van der Waals surface area contributed by atoms with Gasteiger partial charge in [-0.3, -0.25) is 0 Å². The number of aryl methyl sites for hydroxylation is 1. The van der Waals surface area contributed by atoms with Crippen LogP contribution in [0.25, 0.3) is 22.6 Å². The highest BCUT2D eigenvalue weighted by atomic mass is 16.7. The Balaban J connectivity index is 1.52. The number of rotatable bonds is 7. The summed E-state index contributed by atoms with van der Waals surface area (Å²) >= 11 is 0. The van der Waals surface area contributed by atoms with Gasteiger partial charge in [0, 0.05) is 45.1 Å². The Kier molecular flexibility index (Phi) is 6.82. The van der Waals surface area contributed by atoms with Gasteiger partial charge in [0.2, 0.25) is 5.95 Å². The third kappa shape index (κ3) is 4.87. The molecule has 1 saturated heterocycles. The normalized spacial score (nSPS) is 13.6. The Morgan fingerprint density at radius 2 is 1.76 bits per heavy atom. The van der Waals surface area contributed by atoms with Gasteiger partial charge in [-0.15, -0.1) is 0 Å². The fourth-order valence-corrected chi connectivity index (χ4v) is 4.40. The van der Waals surface area contributed by atoms with Gasteiger partial charge in [-0.05, 0) is 43.5 Å². The summed E-state index contributed by atoms with van der Waals surface area (Å²) in [7, 11) is 5.45. The van der Waals surface area contributed by atoms with E-state index >= 15 is 0 Å². The predicted molar refractivity (Wildman–Crippen MR) is 138 cm³/mol. The van der Waals surface area contributed by atoms with Crippen LogP contribution >= 0.6 is 0 Å². The highest BCUT2D eigenvalue weighted by Crippen LogP contribution is 2.30. The Morgan fingerprint density at radius 3 is 2.41 bits per heavy atom. The van der Waals surface area contributed by atoms with E-state index < -0.39 is 5.97 Å². The molecule has 12 nitrogen and oxygen atoms in total. The molecule has 0 unspecified atom stereocenters. The maximum absolute atomic E-state index is 11.6. The molecule has 1 aromatic carbocycles. The summed E-state index contributed by atoms with van der Waals surface area (Å²) in [5.41, 5.74) is 2.61. The van der Waals surface area contributed by atoms with E-state index in [-0.39, 0.29) is 5.56 Å². The average molecular weight is 504 g/mol. The lowest BCUT2D eigenvalue weighted by molar-refractivity contribution is 0.0502. The van der Waals surface area contributed by atoms with E-state index in [1.807, 2.05) is 47.8 Å². The van der Waals surface area contributed by atoms with E-state index in [0.29, 0.717) is 18.3 Å². The number of benzene rings is 1. The number of nitrogens with two attached hydrogens (primary N) is 1. The molecule has 3 aromatic heterocycles. The van der Waals surface area contributed by atoms with Crippen molar-refractivity contribution in [3.63, 3.8) is 0 Å². The molecule has 0 radical (unpaired) electrons. The number of hydrogen-bond donors (Lipinski definition) is 1. The van der Waals surface area contributed by atoms with Gasteiger partial charge in [0.25, 0.3) is 0 Å². The van der Waals surface area contributed by atoms with E-state index in [1.165, 1.54) is 18.8 Å². The maximum Gasteiger partial charge on any atom is 0.359 e. The smallest absolute Gasteiger partial charge is 0.359 e. The molecule has 12 heteroatoms. The lowest BCUT2D eigenvalue weighted by Crippen LogP contribution is -2.30. The Hall–Kier alpha value is -4.32. The number of carbonyl (C=O) groups excluding carboxylic acids is 1. The van der Waals surface area contributed by atoms with Crippen molar-refractivity contribution in [2.24, 2.45) is 12.9 Å². The van der Waals surface area contributed by atoms with Crippen LogP contribution in [0.15, 0.2) is 36.7 Å². The SMILES string of the molecule is COc1ccc(-c2nc(N3CCCCC3)c3nc(CN(C)c4ncc(C(=O)ON)cn4)n(C)c3n2)cc1. The first-order valence-electron chi connectivity index (χ1n) is 12.1. The minimum atomic E-state index is -0.693. The summed E-state index contributed by atoms with van der Waals surface area (Å²) in [4.78, 5) is 43.3. The van der Waals surface area contributed by atoms with Crippen molar-refractivity contribution in [3.05, 3.63) is 48.0 Å². The monoisotopic (exact) mass is 503 g/mol. The zero-order valence-electron chi connectivity index (χ0n) is 21.1. The number of fused-ring (bicyclic) bond motifs is 1. The van der Waals surface area contributed by atoms with E-state index in [4.69, 9.17) is 25.6 Å². The second kappa shape index (κ2) is 10.3. The Bertz CT molecular complexity index is 1400. The van der Waals surface area contributed by atoms with Crippen molar-refractivity contribution in [1.29, 1.82) is 0 Å². The third-order valence-corrected chi connectivity index (χ3v) is 6.50. The minimum absolute atomic E-state index is 0.176.